The highest BCUT2D eigenvalue weighted by atomic mass is 16.5. The molecular formula is C34H30N2O2. The summed E-state index contributed by atoms with van der Waals surface area (Å²) in [6, 6.07) is 36.6. The maximum absolute atomic E-state index is 12.3. The molecule has 5 aromatic rings. The molecule has 0 saturated carbocycles. The van der Waals surface area contributed by atoms with Gasteiger partial charge in [-0.2, -0.15) is 0 Å². The zero-order chi connectivity index (χ0) is 26.5. The van der Waals surface area contributed by atoms with E-state index in [1.54, 1.807) is 0 Å². The highest BCUT2D eigenvalue weighted by Crippen LogP contribution is 2.36. The average molecular weight is 499 g/mol. The number of hydrogen-bond acceptors (Lipinski definition) is 3. The monoisotopic (exact) mass is 498 g/mol. The number of esters is 1. The zero-order valence-corrected chi connectivity index (χ0v) is 21.9. The lowest BCUT2D eigenvalue weighted by Crippen LogP contribution is -2.05. The number of aryl methyl sites for hydroxylation is 1. The minimum atomic E-state index is -0.320. The molecule has 0 aliphatic rings. The summed E-state index contributed by atoms with van der Waals surface area (Å²) in [6.07, 6.45) is 1.96. The lowest BCUT2D eigenvalue weighted by molar-refractivity contribution is 0.0526. The van der Waals surface area contributed by atoms with E-state index in [1.165, 1.54) is 11.1 Å². The standard InChI is InChI=1S/C34H30N2O2/c1-4-38-34(37)28-18-20-30(21-19-28)36-32(26-13-7-5-8-14-26)22-29(33(36)27-15-9-6-10-16-27)23-35-31-17-11-12-24(2)25(31)3/h5-23H,4H2,1-3H3. The summed E-state index contributed by atoms with van der Waals surface area (Å²) in [4.78, 5) is 17.2. The van der Waals surface area contributed by atoms with Crippen molar-refractivity contribution in [3.05, 3.63) is 131 Å². The summed E-state index contributed by atoms with van der Waals surface area (Å²) >= 11 is 0. The molecule has 4 nitrogen and oxygen atoms in total. The number of nitrogens with zero attached hydrogens (tertiary/aromatic N) is 2. The largest absolute Gasteiger partial charge is 0.462 e. The van der Waals surface area contributed by atoms with E-state index in [1.807, 2.05) is 85.9 Å². The smallest absolute Gasteiger partial charge is 0.338 e. The fourth-order valence-corrected chi connectivity index (χ4v) is 4.59. The Hall–Kier alpha value is -4.70. The number of benzene rings is 4. The Balaban J connectivity index is 1.73. The topological polar surface area (TPSA) is 43.6 Å². The Labute approximate surface area is 223 Å². The molecule has 0 aliphatic heterocycles. The molecule has 0 bridgehead atoms. The van der Waals surface area contributed by atoms with Crippen LogP contribution in [0.4, 0.5) is 5.69 Å². The van der Waals surface area contributed by atoms with Gasteiger partial charge in [0.25, 0.3) is 0 Å². The van der Waals surface area contributed by atoms with Crippen LogP contribution in [0.1, 0.15) is 34.0 Å². The number of carbonyl (C=O) groups is 1. The molecule has 0 spiro atoms. The Kier molecular flexibility index (Phi) is 7.32. The number of aromatic nitrogens is 1. The van der Waals surface area contributed by atoms with Gasteiger partial charge in [-0.3, -0.25) is 4.99 Å². The maximum Gasteiger partial charge on any atom is 0.338 e. The Bertz CT molecular complexity index is 1580. The fourth-order valence-electron chi connectivity index (χ4n) is 4.59. The molecular weight excluding hydrogens is 468 g/mol. The van der Waals surface area contributed by atoms with Crippen LogP contribution in [0.3, 0.4) is 0 Å². The van der Waals surface area contributed by atoms with Gasteiger partial charge in [0, 0.05) is 17.5 Å². The van der Waals surface area contributed by atoms with Crippen LogP contribution in [0.15, 0.2) is 114 Å². The van der Waals surface area contributed by atoms with Crippen LogP contribution in [0.25, 0.3) is 28.2 Å². The van der Waals surface area contributed by atoms with Crippen molar-refractivity contribution in [2.24, 2.45) is 4.99 Å². The van der Waals surface area contributed by atoms with E-state index in [4.69, 9.17) is 9.73 Å². The van der Waals surface area contributed by atoms with E-state index >= 15 is 0 Å². The van der Waals surface area contributed by atoms with Gasteiger partial charge in [0.15, 0.2) is 0 Å². The Morgan fingerprint density at radius 1 is 0.816 bits per heavy atom. The number of carbonyl (C=O) groups excluding carboxylic acids is 1. The maximum atomic E-state index is 12.3. The van der Waals surface area contributed by atoms with Crippen molar-refractivity contribution in [1.82, 2.24) is 4.57 Å². The molecule has 0 fully saturated rings. The average Bonchev–Trinajstić information content (AvgIpc) is 3.34. The second-order valence-corrected chi connectivity index (χ2v) is 9.15. The van der Waals surface area contributed by atoms with Crippen molar-refractivity contribution in [3.8, 4) is 28.2 Å². The van der Waals surface area contributed by atoms with Crippen LogP contribution < -0.4 is 0 Å². The summed E-state index contributed by atoms with van der Waals surface area (Å²) in [7, 11) is 0. The van der Waals surface area contributed by atoms with Gasteiger partial charge >= 0.3 is 5.97 Å². The third-order valence-corrected chi connectivity index (χ3v) is 6.70. The van der Waals surface area contributed by atoms with Gasteiger partial charge in [-0.15, -0.1) is 0 Å². The fraction of sp³-hybridized carbons (Fsp3) is 0.118. The van der Waals surface area contributed by atoms with Crippen LogP contribution in [0.5, 0.6) is 0 Å². The van der Waals surface area contributed by atoms with Crippen LogP contribution in [0, 0.1) is 13.8 Å². The van der Waals surface area contributed by atoms with E-state index in [0.717, 1.165) is 39.5 Å². The van der Waals surface area contributed by atoms with Crippen molar-refractivity contribution in [1.29, 1.82) is 0 Å². The first-order chi connectivity index (χ1) is 18.6. The minimum absolute atomic E-state index is 0.320. The van der Waals surface area contributed by atoms with E-state index in [9.17, 15) is 4.79 Å². The molecule has 0 saturated heterocycles. The molecule has 4 aromatic carbocycles. The number of hydrogen-bond donors (Lipinski definition) is 0. The summed E-state index contributed by atoms with van der Waals surface area (Å²) in [5, 5.41) is 0. The van der Waals surface area contributed by atoms with E-state index < -0.39 is 0 Å². The zero-order valence-electron chi connectivity index (χ0n) is 21.9. The third-order valence-electron chi connectivity index (χ3n) is 6.70. The van der Waals surface area contributed by atoms with Crippen LogP contribution in [-0.4, -0.2) is 23.4 Å². The lowest BCUT2D eigenvalue weighted by Gasteiger charge is -2.15. The highest BCUT2D eigenvalue weighted by Gasteiger charge is 2.19. The molecule has 0 amide bonds. The van der Waals surface area contributed by atoms with E-state index in [2.05, 4.69) is 54.8 Å². The summed E-state index contributed by atoms with van der Waals surface area (Å²) in [5.41, 5.74) is 10.1. The van der Waals surface area contributed by atoms with Gasteiger partial charge in [-0.25, -0.2) is 4.79 Å². The highest BCUT2D eigenvalue weighted by molar-refractivity contribution is 5.95. The van der Waals surface area contributed by atoms with Crippen molar-refractivity contribution < 1.29 is 9.53 Å². The molecule has 1 aromatic heterocycles. The molecule has 0 N–H and O–H groups in total. The first-order valence-electron chi connectivity index (χ1n) is 12.8. The van der Waals surface area contributed by atoms with Crippen LogP contribution in [-0.2, 0) is 4.74 Å². The first-order valence-corrected chi connectivity index (χ1v) is 12.8. The number of ether oxygens (including phenoxy) is 1. The van der Waals surface area contributed by atoms with Crippen LogP contribution >= 0.6 is 0 Å². The van der Waals surface area contributed by atoms with Gasteiger partial charge in [0.2, 0.25) is 0 Å². The minimum Gasteiger partial charge on any atom is -0.462 e. The van der Waals surface area contributed by atoms with Crippen LogP contribution in [0.2, 0.25) is 0 Å². The van der Waals surface area contributed by atoms with Gasteiger partial charge in [0.1, 0.15) is 0 Å². The quantitative estimate of drug-likeness (QED) is 0.167. The summed E-state index contributed by atoms with van der Waals surface area (Å²) < 4.78 is 7.43. The second kappa shape index (κ2) is 11.1. The molecule has 38 heavy (non-hydrogen) atoms. The van der Waals surface area contributed by atoms with E-state index in [0.29, 0.717) is 12.2 Å². The predicted molar refractivity (Wildman–Crippen MR) is 156 cm³/mol. The molecule has 0 aliphatic carbocycles. The molecule has 0 atom stereocenters. The number of rotatable bonds is 7. The molecule has 4 heteroatoms. The van der Waals surface area contributed by atoms with Crippen molar-refractivity contribution in [3.63, 3.8) is 0 Å². The summed E-state index contributed by atoms with van der Waals surface area (Å²) in [5.74, 6) is -0.320. The van der Waals surface area contributed by atoms with E-state index in [-0.39, 0.29) is 5.97 Å². The Morgan fingerprint density at radius 3 is 2.13 bits per heavy atom. The van der Waals surface area contributed by atoms with Gasteiger partial charge in [0.05, 0.1) is 29.2 Å². The number of aliphatic imine (C=N–C) groups is 1. The normalized spacial score (nSPS) is 11.1. The van der Waals surface area contributed by atoms with Crippen molar-refractivity contribution in [2.45, 2.75) is 20.8 Å². The molecule has 1 heterocycles. The molecule has 0 radical (unpaired) electrons. The molecule has 188 valence electrons. The third kappa shape index (κ3) is 5.07. The van der Waals surface area contributed by atoms with Crippen molar-refractivity contribution in [2.75, 3.05) is 6.61 Å². The molecule has 0 unspecified atom stereocenters. The molecule has 5 rings (SSSR count). The van der Waals surface area contributed by atoms with Gasteiger partial charge in [-0.1, -0.05) is 72.8 Å². The lowest BCUT2D eigenvalue weighted by atomic mass is 10.1. The summed E-state index contributed by atoms with van der Waals surface area (Å²) in [6.45, 7) is 6.36. The van der Waals surface area contributed by atoms with Gasteiger partial charge < -0.3 is 9.30 Å². The SMILES string of the molecule is CCOC(=O)c1ccc(-n2c(-c3ccccc3)cc(C=Nc3cccc(C)c3C)c2-c2ccccc2)cc1. The predicted octanol–water partition coefficient (Wildman–Crippen LogP) is 8.36. The Morgan fingerprint density at radius 2 is 1.47 bits per heavy atom. The van der Waals surface area contributed by atoms with Crippen molar-refractivity contribution >= 4 is 17.9 Å². The second-order valence-electron chi connectivity index (χ2n) is 9.15. The van der Waals surface area contributed by atoms with Gasteiger partial charge in [-0.05, 0) is 79.4 Å². The first kappa shape index (κ1) is 25.0.